The first kappa shape index (κ1) is 13.1. The molecule has 0 saturated heterocycles. The lowest BCUT2D eigenvalue weighted by molar-refractivity contribution is -0.137. The molecular formula is C8H7ClF3NO2S. The topological polar surface area (TPSA) is 46.2 Å². The molecule has 90 valence electrons. The number of anilines is 1. The van der Waals surface area contributed by atoms with Crippen molar-refractivity contribution in [1.29, 1.82) is 0 Å². The van der Waals surface area contributed by atoms with E-state index in [2.05, 4.69) is 0 Å². The predicted molar refractivity (Wildman–Crippen MR) is 54.9 cm³/mol. The highest BCUT2D eigenvalue weighted by Gasteiger charge is 2.33. The Morgan fingerprint density at radius 3 is 2.31 bits per heavy atom. The van der Waals surface area contributed by atoms with Crippen LogP contribution in [-0.4, -0.2) is 14.7 Å². The van der Waals surface area contributed by atoms with Gasteiger partial charge in [0, 0.05) is 5.69 Å². The zero-order valence-corrected chi connectivity index (χ0v) is 9.54. The largest absolute Gasteiger partial charge is 0.417 e. The van der Waals surface area contributed by atoms with Crippen LogP contribution in [0, 0.1) is 0 Å². The van der Waals surface area contributed by atoms with Gasteiger partial charge in [-0.3, -0.25) is 4.72 Å². The molecule has 0 aliphatic rings. The smallest absolute Gasteiger partial charge is 0.284 e. The van der Waals surface area contributed by atoms with Crippen molar-refractivity contribution in [3.05, 3.63) is 28.8 Å². The first-order valence-corrected chi connectivity index (χ1v) is 6.21. The van der Waals surface area contributed by atoms with Crippen LogP contribution in [0.25, 0.3) is 0 Å². The second-order valence-electron chi connectivity index (χ2n) is 3.07. The van der Waals surface area contributed by atoms with Gasteiger partial charge in [-0.2, -0.15) is 13.2 Å². The highest BCUT2D eigenvalue weighted by atomic mass is 35.5. The fourth-order valence-corrected chi connectivity index (χ4v) is 1.80. The molecule has 0 amide bonds. The molecule has 0 fully saturated rings. The minimum Gasteiger partial charge on any atom is -0.284 e. The summed E-state index contributed by atoms with van der Waals surface area (Å²) in [5, 5.41) is -0.480. The Morgan fingerprint density at radius 2 is 1.88 bits per heavy atom. The maximum atomic E-state index is 12.4. The van der Waals surface area contributed by atoms with E-state index in [4.69, 9.17) is 11.6 Å². The molecule has 0 aliphatic heterocycles. The Bertz CT molecular complexity index is 498. The summed E-state index contributed by atoms with van der Waals surface area (Å²) >= 11 is 5.35. The first-order valence-electron chi connectivity index (χ1n) is 3.94. The molecule has 0 heterocycles. The zero-order valence-electron chi connectivity index (χ0n) is 7.97. The lowest BCUT2D eigenvalue weighted by atomic mass is 10.2. The summed E-state index contributed by atoms with van der Waals surface area (Å²) in [7, 11) is -3.61. The molecule has 16 heavy (non-hydrogen) atoms. The molecule has 0 aliphatic carbocycles. The minimum atomic E-state index is -4.62. The number of hydrogen-bond acceptors (Lipinski definition) is 2. The van der Waals surface area contributed by atoms with Crippen molar-refractivity contribution >= 4 is 27.3 Å². The minimum absolute atomic E-state index is 0.181. The van der Waals surface area contributed by atoms with Gasteiger partial charge >= 0.3 is 6.18 Å². The van der Waals surface area contributed by atoms with Crippen LogP contribution in [0.1, 0.15) is 5.56 Å². The van der Waals surface area contributed by atoms with Crippen LogP contribution in [0.5, 0.6) is 0 Å². The van der Waals surface area contributed by atoms with Crippen LogP contribution < -0.4 is 4.72 Å². The Labute approximate surface area is 95.3 Å². The molecule has 0 radical (unpaired) electrons. The SMILES string of the molecule is CS(=O)(=O)Nc1ccc(Cl)c(C(F)(F)F)c1. The molecule has 1 aromatic rings. The van der Waals surface area contributed by atoms with Crippen LogP contribution in [0.15, 0.2) is 18.2 Å². The maximum absolute atomic E-state index is 12.4. The van der Waals surface area contributed by atoms with Gasteiger partial charge in [-0.25, -0.2) is 8.42 Å². The molecule has 0 unspecified atom stereocenters. The van der Waals surface area contributed by atoms with Gasteiger partial charge in [-0.1, -0.05) is 11.6 Å². The molecule has 0 bridgehead atoms. The van der Waals surface area contributed by atoms with Gasteiger partial charge in [0.05, 0.1) is 16.8 Å². The van der Waals surface area contributed by atoms with Crippen LogP contribution in [0.2, 0.25) is 5.02 Å². The third-order valence-electron chi connectivity index (χ3n) is 1.58. The Balaban J connectivity index is 3.18. The first-order chi connectivity index (χ1) is 7.09. The summed E-state index contributed by atoms with van der Waals surface area (Å²) in [6, 6.07) is 2.78. The standard InChI is InChI=1S/C8H7ClF3NO2S/c1-16(14,15)13-5-2-3-7(9)6(4-5)8(10,11)12/h2-4,13H,1H3. The van der Waals surface area contributed by atoms with Gasteiger partial charge in [0.2, 0.25) is 10.0 Å². The lowest BCUT2D eigenvalue weighted by Crippen LogP contribution is -2.11. The van der Waals surface area contributed by atoms with E-state index >= 15 is 0 Å². The Kier molecular flexibility index (Phi) is 3.39. The average molecular weight is 274 g/mol. The van der Waals surface area contributed by atoms with E-state index in [1.54, 1.807) is 0 Å². The van der Waals surface area contributed by atoms with Crippen LogP contribution in [-0.2, 0) is 16.2 Å². The van der Waals surface area contributed by atoms with Crippen LogP contribution in [0.3, 0.4) is 0 Å². The molecule has 0 spiro atoms. The van der Waals surface area contributed by atoms with Gasteiger partial charge in [0.15, 0.2) is 0 Å². The van der Waals surface area contributed by atoms with Crippen molar-refractivity contribution in [2.24, 2.45) is 0 Å². The van der Waals surface area contributed by atoms with Crippen molar-refractivity contribution < 1.29 is 21.6 Å². The van der Waals surface area contributed by atoms with E-state index in [9.17, 15) is 21.6 Å². The molecule has 0 atom stereocenters. The highest BCUT2D eigenvalue weighted by molar-refractivity contribution is 7.92. The van der Waals surface area contributed by atoms with Gasteiger partial charge in [-0.05, 0) is 18.2 Å². The van der Waals surface area contributed by atoms with Crippen molar-refractivity contribution in [3.63, 3.8) is 0 Å². The molecule has 3 nitrogen and oxygen atoms in total. The van der Waals surface area contributed by atoms with Gasteiger partial charge in [-0.15, -0.1) is 0 Å². The molecule has 0 aromatic heterocycles. The van der Waals surface area contributed by atoms with E-state index in [1.165, 1.54) is 0 Å². The predicted octanol–water partition coefficient (Wildman–Crippen LogP) is 2.73. The molecule has 0 saturated carbocycles. The molecule has 1 N–H and O–H groups in total. The maximum Gasteiger partial charge on any atom is 0.417 e. The number of sulfonamides is 1. The number of rotatable bonds is 2. The van der Waals surface area contributed by atoms with E-state index in [0.717, 1.165) is 18.4 Å². The number of benzene rings is 1. The van der Waals surface area contributed by atoms with E-state index in [0.29, 0.717) is 6.07 Å². The summed E-state index contributed by atoms with van der Waals surface area (Å²) in [5.41, 5.74) is -1.26. The third kappa shape index (κ3) is 3.57. The quantitative estimate of drug-likeness (QED) is 0.900. The van der Waals surface area contributed by atoms with Crippen molar-refractivity contribution in [1.82, 2.24) is 0 Å². The number of alkyl halides is 3. The molecule has 1 rings (SSSR count). The van der Waals surface area contributed by atoms with Crippen molar-refractivity contribution in [2.45, 2.75) is 6.18 Å². The summed E-state index contributed by atoms with van der Waals surface area (Å²) in [5.74, 6) is 0. The normalized spacial score (nSPS) is 12.6. The van der Waals surface area contributed by atoms with Crippen molar-refractivity contribution in [3.8, 4) is 0 Å². The monoisotopic (exact) mass is 273 g/mol. The second-order valence-corrected chi connectivity index (χ2v) is 5.22. The molecule has 1 aromatic carbocycles. The van der Waals surface area contributed by atoms with Crippen LogP contribution >= 0.6 is 11.6 Å². The summed E-state index contributed by atoms with van der Waals surface area (Å²) in [6.45, 7) is 0. The fraction of sp³-hybridized carbons (Fsp3) is 0.250. The van der Waals surface area contributed by atoms with Crippen molar-refractivity contribution in [2.75, 3.05) is 11.0 Å². The second kappa shape index (κ2) is 4.14. The van der Waals surface area contributed by atoms with E-state index in [-0.39, 0.29) is 5.69 Å². The molecular weight excluding hydrogens is 267 g/mol. The number of halogens is 4. The third-order valence-corrected chi connectivity index (χ3v) is 2.51. The summed E-state index contributed by atoms with van der Waals surface area (Å²) < 4.78 is 60.8. The number of hydrogen-bond donors (Lipinski definition) is 1. The van der Waals surface area contributed by atoms with Gasteiger partial charge < -0.3 is 0 Å². The van der Waals surface area contributed by atoms with Gasteiger partial charge in [0.25, 0.3) is 0 Å². The number of nitrogens with one attached hydrogen (secondary N) is 1. The zero-order chi connectivity index (χ0) is 12.6. The fourth-order valence-electron chi connectivity index (χ4n) is 1.02. The van der Waals surface area contributed by atoms with E-state index < -0.39 is 26.8 Å². The Morgan fingerprint density at radius 1 is 1.31 bits per heavy atom. The molecule has 8 heteroatoms. The average Bonchev–Trinajstić information content (AvgIpc) is 2.04. The lowest BCUT2D eigenvalue weighted by Gasteiger charge is -2.11. The summed E-state index contributed by atoms with van der Waals surface area (Å²) in [6.07, 6.45) is -3.78. The van der Waals surface area contributed by atoms with Crippen LogP contribution in [0.4, 0.5) is 18.9 Å². The highest BCUT2D eigenvalue weighted by Crippen LogP contribution is 2.36. The summed E-state index contributed by atoms with van der Waals surface area (Å²) in [4.78, 5) is 0. The van der Waals surface area contributed by atoms with E-state index in [1.807, 2.05) is 4.72 Å². The van der Waals surface area contributed by atoms with Gasteiger partial charge in [0.1, 0.15) is 0 Å². The Hall–Kier alpha value is -0.950.